The maximum atomic E-state index is 3.64. The molecular formula is C14H14BrN. The standard InChI is InChI=1S/C14H14BrN/c15-14(11-12-7-3-1-4-8-12)16-13-9-5-2-6-10-13/h1-10,14,16H,11H2. The van der Waals surface area contributed by atoms with Crippen LogP contribution in [0.2, 0.25) is 0 Å². The van der Waals surface area contributed by atoms with E-state index in [1.54, 1.807) is 0 Å². The number of alkyl halides is 1. The molecule has 0 radical (unpaired) electrons. The molecule has 0 aliphatic carbocycles. The molecule has 16 heavy (non-hydrogen) atoms. The molecule has 0 heterocycles. The molecule has 1 atom stereocenters. The van der Waals surface area contributed by atoms with Crippen LogP contribution in [0.25, 0.3) is 0 Å². The summed E-state index contributed by atoms with van der Waals surface area (Å²) >= 11 is 3.64. The molecule has 0 fully saturated rings. The summed E-state index contributed by atoms with van der Waals surface area (Å²) < 4.78 is 0. The summed E-state index contributed by atoms with van der Waals surface area (Å²) in [6.07, 6.45) is 0.968. The Morgan fingerprint density at radius 1 is 0.875 bits per heavy atom. The minimum Gasteiger partial charge on any atom is -0.372 e. The second-order valence-corrected chi connectivity index (χ2v) is 4.77. The van der Waals surface area contributed by atoms with Gasteiger partial charge >= 0.3 is 0 Å². The van der Waals surface area contributed by atoms with Gasteiger partial charge in [-0.05, 0) is 17.7 Å². The highest BCUT2D eigenvalue weighted by molar-refractivity contribution is 9.09. The molecule has 2 rings (SSSR count). The number of para-hydroxylation sites is 1. The molecule has 0 aliphatic heterocycles. The first-order valence-corrected chi connectivity index (χ1v) is 6.26. The van der Waals surface area contributed by atoms with Gasteiger partial charge in [-0.25, -0.2) is 0 Å². The van der Waals surface area contributed by atoms with Crippen LogP contribution in [0.5, 0.6) is 0 Å². The summed E-state index contributed by atoms with van der Waals surface area (Å²) in [7, 11) is 0. The maximum absolute atomic E-state index is 3.64. The summed E-state index contributed by atoms with van der Waals surface area (Å²) in [4.78, 5) is 0.261. The predicted octanol–water partition coefficient (Wildman–Crippen LogP) is 4.06. The van der Waals surface area contributed by atoms with Crippen LogP contribution in [0.3, 0.4) is 0 Å². The first kappa shape index (κ1) is 11.2. The minimum absolute atomic E-state index is 0.261. The highest BCUT2D eigenvalue weighted by atomic mass is 79.9. The van der Waals surface area contributed by atoms with E-state index in [1.165, 1.54) is 5.56 Å². The lowest BCUT2D eigenvalue weighted by molar-refractivity contribution is 0.972. The largest absolute Gasteiger partial charge is 0.372 e. The molecule has 0 bridgehead atoms. The fourth-order valence-electron chi connectivity index (χ4n) is 1.59. The molecule has 0 spiro atoms. The number of anilines is 1. The van der Waals surface area contributed by atoms with Crippen molar-refractivity contribution in [3.05, 3.63) is 66.2 Å². The molecule has 1 nitrogen and oxygen atoms in total. The fourth-order valence-corrected chi connectivity index (χ4v) is 2.23. The molecule has 1 unspecified atom stereocenters. The van der Waals surface area contributed by atoms with Crippen LogP contribution in [-0.2, 0) is 6.42 Å². The van der Waals surface area contributed by atoms with Crippen molar-refractivity contribution in [2.75, 3.05) is 5.32 Å². The number of benzene rings is 2. The molecule has 0 aromatic heterocycles. The number of halogens is 1. The molecule has 0 aliphatic rings. The third-order valence-electron chi connectivity index (χ3n) is 2.35. The van der Waals surface area contributed by atoms with Crippen molar-refractivity contribution in [1.82, 2.24) is 0 Å². The smallest absolute Gasteiger partial charge is 0.0858 e. The average Bonchev–Trinajstić information content (AvgIpc) is 2.31. The van der Waals surface area contributed by atoms with Gasteiger partial charge in [0.2, 0.25) is 0 Å². The van der Waals surface area contributed by atoms with Crippen molar-refractivity contribution >= 4 is 21.6 Å². The van der Waals surface area contributed by atoms with Crippen LogP contribution in [0.4, 0.5) is 5.69 Å². The lowest BCUT2D eigenvalue weighted by atomic mass is 10.1. The zero-order valence-corrected chi connectivity index (χ0v) is 10.5. The first-order valence-electron chi connectivity index (χ1n) is 5.34. The number of rotatable bonds is 4. The Morgan fingerprint density at radius 2 is 1.44 bits per heavy atom. The molecule has 0 saturated heterocycles. The molecule has 0 saturated carbocycles. The van der Waals surface area contributed by atoms with E-state index >= 15 is 0 Å². The quantitative estimate of drug-likeness (QED) is 0.656. The van der Waals surface area contributed by atoms with Gasteiger partial charge in [0.25, 0.3) is 0 Å². The van der Waals surface area contributed by atoms with Gasteiger partial charge in [-0.1, -0.05) is 64.5 Å². The van der Waals surface area contributed by atoms with Gasteiger partial charge in [0.15, 0.2) is 0 Å². The zero-order valence-electron chi connectivity index (χ0n) is 8.94. The Labute approximate surface area is 105 Å². The Kier molecular flexibility index (Phi) is 4.00. The SMILES string of the molecule is BrC(Cc1ccccc1)Nc1ccccc1. The number of nitrogens with one attached hydrogen (secondary N) is 1. The van der Waals surface area contributed by atoms with E-state index < -0.39 is 0 Å². The molecule has 2 aromatic rings. The van der Waals surface area contributed by atoms with E-state index in [4.69, 9.17) is 0 Å². The van der Waals surface area contributed by atoms with Crippen LogP contribution in [0, 0.1) is 0 Å². The Balaban J connectivity index is 1.92. The van der Waals surface area contributed by atoms with E-state index in [2.05, 4.69) is 57.6 Å². The summed E-state index contributed by atoms with van der Waals surface area (Å²) in [6, 6.07) is 20.7. The van der Waals surface area contributed by atoms with Crippen molar-refractivity contribution in [3.63, 3.8) is 0 Å². The fraction of sp³-hybridized carbons (Fsp3) is 0.143. The van der Waals surface area contributed by atoms with Crippen LogP contribution in [-0.4, -0.2) is 4.95 Å². The van der Waals surface area contributed by atoms with E-state index in [0.29, 0.717) is 0 Å². The van der Waals surface area contributed by atoms with Crippen LogP contribution in [0.15, 0.2) is 60.7 Å². The van der Waals surface area contributed by atoms with Crippen molar-refractivity contribution in [1.29, 1.82) is 0 Å². The van der Waals surface area contributed by atoms with Gasteiger partial charge in [-0.3, -0.25) is 0 Å². The van der Waals surface area contributed by atoms with Crippen molar-refractivity contribution in [2.24, 2.45) is 0 Å². The van der Waals surface area contributed by atoms with E-state index in [9.17, 15) is 0 Å². The second-order valence-electron chi connectivity index (χ2n) is 3.67. The third kappa shape index (κ3) is 3.38. The summed E-state index contributed by atoms with van der Waals surface area (Å²) in [5.41, 5.74) is 2.47. The molecule has 82 valence electrons. The van der Waals surface area contributed by atoms with Crippen molar-refractivity contribution < 1.29 is 0 Å². The molecule has 1 N–H and O–H groups in total. The van der Waals surface area contributed by atoms with Gasteiger partial charge in [-0.2, -0.15) is 0 Å². The van der Waals surface area contributed by atoms with Crippen LogP contribution >= 0.6 is 15.9 Å². The van der Waals surface area contributed by atoms with Gasteiger partial charge in [0, 0.05) is 12.1 Å². The van der Waals surface area contributed by atoms with Crippen molar-refractivity contribution in [2.45, 2.75) is 11.4 Å². The summed E-state index contributed by atoms with van der Waals surface area (Å²) in [5.74, 6) is 0. The van der Waals surface area contributed by atoms with E-state index in [-0.39, 0.29) is 4.95 Å². The molecule has 2 heteroatoms. The molecule has 0 amide bonds. The van der Waals surface area contributed by atoms with Gasteiger partial charge in [0.05, 0.1) is 4.95 Å². The third-order valence-corrected chi connectivity index (χ3v) is 2.91. The maximum Gasteiger partial charge on any atom is 0.0858 e. The molecular weight excluding hydrogens is 262 g/mol. The van der Waals surface area contributed by atoms with Crippen molar-refractivity contribution in [3.8, 4) is 0 Å². The Morgan fingerprint density at radius 3 is 2.06 bits per heavy atom. The first-order chi connectivity index (χ1) is 7.84. The highest BCUT2D eigenvalue weighted by Crippen LogP contribution is 2.14. The lowest BCUT2D eigenvalue weighted by Gasteiger charge is -2.13. The van der Waals surface area contributed by atoms with Gasteiger partial charge in [-0.15, -0.1) is 0 Å². The van der Waals surface area contributed by atoms with E-state index in [1.807, 2.05) is 24.3 Å². The monoisotopic (exact) mass is 275 g/mol. The highest BCUT2D eigenvalue weighted by Gasteiger charge is 2.04. The summed E-state index contributed by atoms with van der Waals surface area (Å²) in [5, 5.41) is 3.41. The Bertz CT molecular complexity index is 372. The molecule has 2 aromatic carbocycles. The van der Waals surface area contributed by atoms with Crippen LogP contribution in [0.1, 0.15) is 5.56 Å². The Hall–Kier alpha value is -1.28. The zero-order chi connectivity index (χ0) is 11.2. The minimum atomic E-state index is 0.261. The predicted molar refractivity (Wildman–Crippen MR) is 72.9 cm³/mol. The number of hydrogen-bond donors (Lipinski definition) is 1. The van der Waals surface area contributed by atoms with Crippen LogP contribution < -0.4 is 5.32 Å². The van der Waals surface area contributed by atoms with E-state index in [0.717, 1.165) is 12.1 Å². The lowest BCUT2D eigenvalue weighted by Crippen LogP contribution is -2.14. The van der Waals surface area contributed by atoms with Gasteiger partial charge < -0.3 is 5.32 Å². The summed E-state index contributed by atoms with van der Waals surface area (Å²) in [6.45, 7) is 0. The number of hydrogen-bond acceptors (Lipinski definition) is 1. The topological polar surface area (TPSA) is 12.0 Å². The average molecular weight is 276 g/mol. The van der Waals surface area contributed by atoms with Gasteiger partial charge in [0.1, 0.15) is 0 Å². The second kappa shape index (κ2) is 5.71. The normalized spacial score (nSPS) is 12.1.